The number of aromatic hydroxyl groups is 1. The molecule has 0 radical (unpaired) electrons. The Morgan fingerprint density at radius 3 is 2.33 bits per heavy atom. The Morgan fingerprint density at radius 1 is 0.821 bits per heavy atom. The van der Waals surface area contributed by atoms with Crippen molar-refractivity contribution in [3.63, 3.8) is 0 Å². The Bertz CT molecular complexity index is 1840. The quantitative estimate of drug-likeness (QED) is 0.184. The van der Waals surface area contributed by atoms with Crippen LogP contribution >= 0.6 is 0 Å². The first-order chi connectivity index (χ1) is 18.3. The summed E-state index contributed by atoms with van der Waals surface area (Å²) >= 11 is 0. The molecule has 3 aromatic carbocycles. The molecule has 0 aliphatic rings. The molecule has 0 saturated heterocycles. The molecule has 0 spiro atoms. The number of aryl methyl sites for hydroxylation is 1. The Hall–Kier alpha value is -3.69. The smallest absolute Gasteiger partial charge is 0.217 e. The average Bonchev–Trinajstić information content (AvgIpc) is 3.21. The van der Waals surface area contributed by atoms with Crippen molar-refractivity contribution in [2.24, 2.45) is 0 Å². The third kappa shape index (κ3) is 4.92. The van der Waals surface area contributed by atoms with Crippen LogP contribution in [0.3, 0.4) is 0 Å². The number of aromatic nitrogens is 3. The van der Waals surface area contributed by atoms with Crippen LogP contribution in [-0.4, -0.2) is 19.6 Å². The summed E-state index contributed by atoms with van der Waals surface area (Å²) in [4.78, 5) is 9.43. The number of phenols is 1. The molecular formula is C33H30N3O2Pt-. The van der Waals surface area contributed by atoms with Gasteiger partial charge in [0.1, 0.15) is 17.1 Å². The first-order valence-corrected chi connectivity index (χ1v) is 13.0. The van der Waals surface area contributed by atoms with Gasteiger partial charge in [-0.05, 0) is 71.7 Å². The van der Waals surface area contributed by atoms with E-state index in [1.165, 1.54) is 5.56 Å². The number of ether oxygens (including phenoxy) is 1. The van der Waals surface area contributed by atoms with Gasteiger partial charge in [0.2, 0.25) is 5.88 Å². The predicted octanol–water partition coefficient (Wildman–Crippen LogP) is 8.58. The molecule has 39 heavy (non-hydrogen) atoms. The summed E-state index contributed by atoms with van der Waals surface area (Å²) in [7, 11) is 0. The summed E-state index contributed by atoms with van der Waals surface area (Å²) in [6.07, 6.45) is 0. The third-order valence-corrected chi connectivity index (χ3v) is 7.09. The SMILES string of the molecule is Cc1cccc(-n2c3[c-]c(Oc4ccc5cc(C(C)C)cc(O)c5n4)ccc3c3ccc(C(C)C)cc32)n1.[Pt]. The van der Waals surface area contributed by atoms with Gasteiger partial charge in [-0.1, -0.05) is 51.4 Å². The summed E-state index contributed by atoms with van der Waals surface area (Å²) in [6, 6.07) is 27.8. The average molecular weight is 696 g/mol. The van der Waals surface area contributed by atoms with E-state index in [1.54, 1.807) is 6.07 Å². The van der Waals surface area contributed by atoms with Crippen LogP contribution in [0.4, 0.5) is 0 Å². The molecule has 5 nitrogen and oxygen atoms in total. The van der Waals surface area contributed by atoms with Crippen molar-refractivity contribution < 1.29 is 30.9 Å². The first kappa shape index (κ1) is 26.9. The molecule has 3 aromatic heterocycles. The number of pyridine rings is 2. The van der Waals surface area contributed by atoms with Crippen LogP contribution in [0.5, 0.6) is 17.4 Å². The Morgan fingerprint density at radius 2 is 1.59 bits per heavy atom. The molecule has 0 aliphatic heterocycles. The van der Waals surface area contributed by atoms with E-state index < -0.39 is 0 Å². The minimum Gasteiger partial charge on any atom is -0.506 e. The molecular weight excluding hydrogens is 665 g/mol. The summed E-state index contributed by atoms with van der Waals surface area (Å²) in [5, 5.41) is 13.7. The van der Waals surface area contributed by atoms with Gasteiger partial charge in [-0.3, -0.25) is 0 Å². The van der Waals surface area contributed by atoms with E-state index in [2.05, 4.69) is 73.6 Å². The minimum atomic E-state index is 0. The normalized spacial score (nSPS) is 11.6. The van der Waals surface area contributed by atoms with Gasteiger partial charge in [0.15, 0.2) is 0 Å². The van der Waals surface area contributed by atoms with Crippen molar-refractivity contribution in [2.75, 3.05) is 0 Å². The van der Waals surface area contributed by atoms with Crippen molar-refractivity contribution in [3.05, 3.63) is 95.7 Å². The van der Waals surface area contributed by atoms with Crippen LogP contribution in [0, 0.1) is 13.0 Å². The maximum Gasteiger partial charge on any atom is 0.217 e. The standard InChI is InChI=1S/C33H30N3O2.Pt/c1-19(2)22-9-12-26-27-13-11-25(18-29(27)36(28(26)16-22)31-8-6-7-21(5)34-31)38-32-14-10-23-15-24(20(3)4)17-30(37)33(23)35-32;/h6-17,19-20,37H,1-5H3;/q-1;. The second-order valence-electron chi connectivity index (χ2n) is 10.5. The minimum absolute atomic E-state index is 0. The van der Waals surface area contributed by atoms with Gasteiger partial charge < -0.3 is 14.4 Å². The van der Waals surface area contributed by atoms with E-state index in [0.717, 1.165) is 44.3 Å². The van der Waals surface area contributed by atoms with Gasteiger partial charge in [-0.2, -0.15) is 6.07 Å². The maximum absolute atomic E-state index is 10.6. The van der Waals surface area contributed by atoms with Crippen LogP contribution in [-0.2, 0) is 21.1 Å². The van der Waals surface area contributed by atoms with Gasteiger partial charge in [0.25, 0.3) is 0 Å². The van der Waals surface area contributed by atoms with Crippen LogP contribution in [0.15, 0.2) is 72.8 Å². The van der Waals surface area contributed by atoms with E-state index in [-0.39, 0.29) is 26.8 Å². The Kier molecular flexibility index (Phi) is 7.22. The second-order valence-corrected chi connectivity index (χ2v) is 10.5. The topological polar surface area (TPSA) is 60.2 Å². The molecule has 200 valence electrons. The largest absolute Gasteiger partial charge is 0.506 e. The summed E-state index contributed by atoms with van der Waals surface area (Å²) in [5.74, 6) is 2.67. The fourth-order valence-corrected chi connectivity index (χ4v) is 4.97. The zero-order chi connectivity index (χ0) is 26.6. The fraction of sp³-hybridized carbons (Fsp3) is 0.212. The number of phenolic OH excluding ortho intramolecular Hbond substituents is 1. The molecule has 6 rings (SSSR count). The van der Waals surface area contributed by atoms with Crippen LogP contribution in [0.25, 0.3) is 38.5 Å². The van der Waals surface area contributed by atoms with Gasteiger partial charge >= 0.3 is 0 Å². The maximum atomic E-state index is 10.6. The van der Waals surface area contributed by atoms with E-state index in [1.807, 2.05) is 43.3 Å². The van der Waals surface area contributed by atoms with Crippen LogP contribution in [0.2, 0.25) is 0 Å². The van der Waals surface area contributed by atoms with E-state index in [4.69, 9.17) is 9.72 Å². The molecule has 3 heterocycles. The second kappa shape index (κ2) is 10.5. The molecule has 0 bridgehead atoms. The molecule has 0 aliphatic carbocycles. The molecule has 0 saturated carbocycles. The molecule has 0 amide bonds. The molecule has 6 heteroatoms. The molecule has 1 N–H and O–H groups in total. The summed E-state index contributed by atoms with van der Waals surface area (Å²) in [5.41, 5.74) is 5.79. The number of benzene rings is 3. The zero-order valence-electron chi connectivity index (χ0n) is 22.6. The van der Waals surface area contributed by atoms with Crippen molar-refractivity contribution >= 4 is 32.7 Å². The number of hydrogen-bond donors (Lipinski definition) is 1. The molecule has 0 fully saturated rings. The van der Waals surface area contributed by atoms with Crippen molar-refractivity contribution in [3.8, 4) is 23.2 Å². The molecule has 0 atom stereocenters. The monoisotopic (exact) mass is 695 g/mol. The van der Waals surface area contributed by atoms with E-state index >= 15 is 0 Å². The number of fused-ring (bicyclic) bond motifs is 4. The van der Waals surface area contributed by atoms with Gasteiger partial charge in [0, 0.05) is 49.5 Å². The van der Waals surface area contributed by atoms with Gasteiger partial charge in [-0.15, -0.1) is 17.5 Å². The number of rotatable bonds is 5. The first-order valence-electron chi connectivity index (χ1n) is 13.0. The summed E-state index contributed by atoms with van der Waals surface area (Å²) < 4.78 is 8.34. The van der Waals surface area contributed by atoms with Crippen LogP contribution < -0.4 is 4.74 Å². The van der Waals surface area contributed by atoms with E-state index in [9.17, 15) is 5.11 Å². The number of hydrogen-bond acceptors (Lipinski definition) is 4. The van der Waals surface area contributed by atoms with Crippen LogP contribution in [0.1, 0.15) is 56.4 Å². The Balaban J connectivity index is 0.00000308. The Labute approximate surface area is 242 Å². The third-order valence-electron chi connectivity index (χ3n) is 7.09. The van der Waals surface area contributed by atoms with Crippen molar-refractivity contribution in [1.29, 1.82) is 0 Å². The van der Waals surface area contributed by atoms with Gasteiger partial charge in [0.05, 0.1) is 0 Å². The predicted molar refractivity (Wildman–Crippen MR) is 154 cm³/mol. The molecule has 0 unspecified atom stereocenters. The zero-order valence-corrected chi connectivity index (χ0v) is 24.9. The van der Waals surface area contributed by atoms with Crippen molar-refractivity contribution in [2.45, 2.75) is 46.5 Å². The number of nitrogens with zero attached hydrogens (tertiary/aromatic N) is 3. The van der Waals surface area contributed by atoms with Crippen molar-refractivity contribution in [1.82, 2.24) is 14.5 Å². The van der Waals surface area contributed by atoms with E-state index in [0.29, 0.717) is 29.0 Å². The van der Waals surface area contributed by atoms with Gasteiger partial charge in [-0.25, -0.2) is 9.97 Å². The molecule has 6 aromatic rings. The summed E-state index contributed by atoms with van der Waals surface area (Å²) in [6.45, 7) is 10.6. The fourth-order valence-electron chi connectivity index (χ4n) is 4.97.